The average Bonchev–Trinajstić information content (AvgIpc) is 2.95. The summed E-state index contributed by atoms with van der Waals surface area (Å²) in [6, 6.07) is 0. The summed E-state index contributed by atoms with van der Waals surface area (Å²) in [5.74, 6) is -0.211. The Hall–Kier alpha value is -0.240. The largest absolute Gasteiger partial charge is 0.396 e. The normalized spacial score (nSPS) is 53.6. The highest BCUT2D eigenvalue weighted by atomic mass is 16.3. The number of aliphatic hydroxyl groups excluding tert-OH is 5. The molecule has 4 aliphatic rings. The lowest BCUT2D eigenvalue weighted by molar-refractivity contribution is -0.264. The molecule has 0 saturated heterocycles. The Morgan fingerprint density at radius 2 is 1.58 bits per heavy atom. The minimum absolute atomic E-state index is 0.0393. The molecule has 192 valence electrons. The van der Waals surface area contributed by atoms with Crippen LogP contribution in [-0.2, 0) is 0 Å². The predicted octanol–water partition coefficient (Wildman–Crippen LogP) is 2.47. The molecule has 4 fully saturated rings. The number of fused-ring (bicyclic) bond motifs is 5. The zero-order chi connectivity index (χ0) is 24.3. The van der Waals surface area contributed by atoms with E-state index >= 15 is 0 Å². The molecule has 0 spiro atoms. The maximum absolute atomic E-state index is 12.3. The molecule has 13 atom stereocenters. The highest BCUT2D eigenvalue weighted by Gasteiger charge is 2.72. The predicted molar refractivity (Wildman–Crippen MR) is 126 cm³/mol. The van der Waals surface area contributed by atoms with E-state index in [2.05, 4.69) is 20.8 Å². The molecule has 4 aliphatic carbocycles. The topological polar surface area (TPSA) is 121 Å². The number of hydrogen-bond acceptors (Lipinski definition) is 6. The van der Waals surface area contributed by atoms with E-state index in [0.717, 1.165) is 38.5 Å². The summed E-state index contributed by atoms with van der Waals surface area (Å²) in [6.45, 7) is 8.70. The number of rotatable bonds is 6. The van der Waals surface area contributed by atoms with Crippen molar-refractivity contribution in [3.63, 3.8) is 0 Å². The molecule has 0 aromatic carbocycles. The molecule has 0 aliphatic heterocycles. The minimum atomic E-state index is -1.22. The SMILES string of the molecule is C[C@H](CO)CCC[C@@H](C)[C@H]1[C@@H](O)[C@@H](O)[C@H]2C3(O)C[C@H](O)[C@H]4C[C@@H](O)CC[C@]4(C)[C@H]3CC[C@]12C. The van der Waals surface area contributed by atoms with Crippen molar-refractivity contribution in [1.82, 2.24) is 0 Å². The average molecular weight is 469 g/mol. The van der Waals surface area contributed by atoms with Gasteiger partial charge >= 0.3 is 0 Å². The van der Waals surface area contributed by atoms with Gasteiger partial charge in [-0.25, -0.2) is 0 Å². The van der Waals surface area contributed by atoms with E-state index in [1.807, 2.05) is 6.92 Å². The first kappa shape index (κ1) is 25.8. The molecule has 4 saturated carbocycles. The van der Waals surface area contributed by atoms with Crippen LogP contribution in [0.5, 0.6) is 0 Å². The Balaban J connectivity index is 1.61. The molecule has 0 bridgehead atoms. The maximum Gasteiger partial charge on any atom is 0.0863 e. The molecule has 6 nitrogen and oxygen atoms in total. The van der Waals surface area contributed by atoms with Crippen molar-refractivity contribution in [3.8, 4) is 0 Å². The molecule has 6 heteroatoms. The Labute approximate surface area is 199 Å². The van der Waals surface area contributed by atoms with Crippen LogP contribution in [0.4, 0.5) is 0 Å². The van der Waals surface area contributed by atoms with E-state index < -0.39 is 41.3 Å². The van der Waals surface area contributed by atoms with Gasteiger partial charge in [-0.05, 0) is 78.9 Å². The van der Waals surface area contributed by atoms with E-state index in [-0.39, 0.29) is 48.0 Å². The van der Waals surface area contributed by atoms with Crippen LogP contribution in [0.15, 0.2) is 0 Å². The van der Waals surface area contributed by atoms with Gasteiger partial charge in [-0.1, -0.05) is 40.5 Å². The van der Waals surface area contributed by atoms with Gasteiger partial charge in [-0.15, -0.1) is 0 Å². The Morgan fingerprint density at radius 3 is 2.24 bits per heavy atom. The van der Waals surface area contributed by atoms with Gasteiger partial charge in [0.25, 0.3) is 0 Å². The molecule has 33 heavy (non-hydrogen) atoms. The van der Waals surface area contributed by atoms with E-state index in [0.29, 0.717) is 12.8 Å². The molecular weight excluding hydrogens is 420 g/mol. The Morgan fingerprint density at radius 1 is 0.909 bits per heavy atom. The lowest BCUT2D eigenvalue weighted by atomic mass is 9.42. The van der Waals surface area contributed by atoms with Gasteiger partial charge < -0.3 is 30.6 Å². The van der Waals surface area contributed by atoms with Crippen LogP contribution < -0.4 is 0 Å². The third-order valence-electron chi connectivity index (χ3n) is 11.1. The standard InChI is InChI=1S/C27H48O6/c1-15(14-28)6-5-7-16(2)21-22(31)23(32)24-26(21,4)11-9-20-25(3)10-8-17(29)12-18(25)19(30)13-27(20,24)33/h15-24,28-33H,5-14H2,1-4H3/t15-,16+,17-,18+,19-,20+,21-,22+,23+,24+,25-,26+,27?/m0/s1. The van der Waals surface area contributed by atoms with Crippen LogP contribution in [0.2, 0.25) is 0 Å². The van der Waals surface area contributed by atoms with Gasteiger partial charge in [-0.3, -0.25) is 0 Å². The smallest absolute Gasteiger partial charge is 0.0863 e. The lowest BCUT2D eigenvalue weighted by Gasteiger charge is -2.65. The molecule has 1 unspecified atom stereocenters. The highest BCUT2D eigenvalue weighted by Crippen LogP contribution is 2.69. The first-order valence-corrected chi connectivity index (χ1v) is 13.5. The van der Waals surface area contributed by atoms with Crippen LogP contribution in [0, 0.1) is 46.3 Å². The fraction of sp³-hybridized carbons (Fsp3) is 1.00. The van der Waals surface area contributed by atoms with Gasteiger partial charge in [0.15, 0.2) is 0 Å². The Bertz CT molecular complexity index is 702. The third kappa shape index (κ3) is 3.92. The van der Waals surface area contributed by atoms with Gasteiger partial charge in [0, 0.05) is 18.9 Å². The van der Waals surface area contributed by atoms with Crippen molar-refractivity contribution in [3.05, 3.63) is 0 Å². The first-order valence-electron chi connectivity index (χ1n) is 13.5. The number of hydrogen-bond donors (Lipinski definition) is 6. The second kappa shape index (κ2) is 9.01. The van der Waals surface area contributed by atoms with Crippen molar-refractivity contribution >= 4 is 0 Å². The van der Waals surface area contributed by atoms with Gasteiger partial charge in [-0.2, -0.15) is 0 Å². The summed E-state index contributed by atoms with van der Waals surface area (Å²) in [6.07, 6.45) is 3.75. The van der Waals surface area contributed by atoms with Crippen molar-refractivity contribution in [2.75, 3.05) is 6.61 Å². The molecule has 0 aromatic heterocycles. The van der Waals surface area contributed by atoms with Crippen LogP contribution >= 0.6 is 0 Å². The van der Waals surface area contributed by atoms with Crippen LogP contribution in [0.3, 0.4) is 0 Å². The van der Waals surface area contributed by atoms with Crippen LogP contribution in [0.1, 0.15) is 85.5 Å². The summed E-state index contributed by atoms with van der Waals surface area (Å²) in [5.41, 5.74) is -1.90. The second-order valence-corrected chi connectivity index (χ2v) is 13.1. The molecule has 0 amide bonds. The van der Waals surface area contributed by atoms with E-state index in [1.54, 1.807) is 0 Å². The zero-order valence-electron chi connectivity index (χ0n) is 21.0. The van der Waals surface area contributed by atoms with E-state index in [9.17, 15) is 30.6 Å². The molecule has 0 heterocycles. The van der Waals surface area contributed by atoms with Crippen LogP contribution in [-0.4, -0.2) is 67.3 Å². The monoisotopic (exact) mass is 468 g/mol. The van der Waals surface area contributed by atoms with Gasteiger partial charge in [0.1, 0.15) is 0 Å². The van der Waals surface area contributed by atoms with Crippen molar-refractivity contribution in [1.29, 1.82) is 0 Å². The summed E-state index contributed by atoms with van der Waals surface area (Å²) < 4.78 is 0. The molecular formula is C27H48O6. The Kier molecular flexibility index (Phi) is 7.05. The molecule has 6 N–H and O–H groups in total. The van der Waals surface area contributed by atoms with Gasteiger partial charge in [0.2, 0.25) is 0 Å². The molecule has 0 aromatic rings. The van der Waals surface area contributed by atoms with Crippen molar-refractivity contribution < 1.29 is 30.6 Å². The van der Waals surface area contributed by atoms with E-state index in [1.165, 1.54) is 0 Å². The lowest BCUT2D eigenvalue weighted by Crippen LogP contribution is -2.68. The quantitative estimate of drug-likeness (QED) is 0.356. The minimum Gasteiger partial charge on any atom is -0.396 e. The fourth-order valence-corrected chi connectivity index (χ4v) is 9.57. The van der Waals surface area contributed by atoms with Gasteiger partial charge in [0.05, 0.1) is 30.0 Å². The summed E-state index contributed by atoms with van der Waals surface area (Å²) in [4.78, 5) is 0. The van der Waals surface area contributed by atoms with E-state index in [4.69, 9.17) is 0 Å². The van der Waals surface area contributed by atoms with Crippen LogP contribution in [0.25, 0.3) is 0 Å². The van der Waals surface area contributed by atoms with Crippen molar-refractivity contribution in [2.24, 2.45) is 46.3 Å². The molecule has 0 radical (unpaired) electrons. The summed E-state index contributed by atoms with van der Waals surface area (Å²) in [7, 11) is 0. The zero-order valence-corrected chi connectivity index (χ0v) is 21.0. The first-order chi connectivity index (χ1) is 15.4. The van der Waals surface area contributed by atoms with Crippen molar-refractivity contribution in [2.45, 2.75) is 115 Å². The number of aliphatic hydroxyl groups is 6. The summed E-state index contributed by atoms with van der Waals surface area (Å²) >= 11 is 0. The molecule has 4 rings (SSSR count). The third-order valence-corrected chi connectivity index (χ3v) is 11.1. The summed E-state index contributed by atoms with van der Waals surface area (Å²) in [5, 5.41) is 65.7. The second-order valence-electron chi connectivity index (χ2n) is 13.1. The fourth-order valence-electron chi connectivity index (χ4n) is 9.57. The highest BCUT2D eigenvalue weighted by molar-refractivity contribution is 5.21. The maximum atomic E-state index is 12.3.